The zero-order valence-electron chi connectivity index (χ0n) is 13.3. The normalized spacial score (nSPS) is 10.2. The Labute approximate surface area is 135 Å². The van der Waals surface area contributed by atoms with Crippen LogP contribution < -0.4 is 15.8 Å². The van der Waals surface area contributed by atoms with E-state index in [1.807, 2.05) is 24.3 Å². The quantitative estimate of drug-likeness (QED) is 0.634. The van der Waals surface area contributed by atoms with Crippen molar-refractivity contribution >= 4 is 23.1 Å². The van der Waals surface area contributed by atoms with Crippen molar-refractivity contribution in [1.82, 2.24) is 0 Å². The van der Waals surface area contributed by atoms with Gasteiger partial charge in [0.15, 0.2) is 12.4 Å². The van der Waals surface area contributed by atoms with Crippen molar-refractivity contribution in [3.63, 3.8) is 0 Å². The Morgan fingerprint density at radius 1 is 1.13 bits per heavy atom. The highest BCUT2D eigenvalue weighted by atomic mass is 16.5. The fourth-order valence-electron chi connectivity index (χ4n) is 2.06. The second-order valence-corrected chi connectivity index (χ2v) is 5.20. The maximum absolute atomic E-state index is 11.9. The number of carbonyl (C=O) groups is 2. The average molecular weight is 312 g/mol. The molecule has 0 aliphatic carbocycles. The van der Waals surface area contributed by atoms with E-state index in [9.17, 15) is 9.59 Å². The van der Waals surface area contributed by atoms with Crippen molar-refractivity contribution in [2.45, 2.75) is 20.3 Å². The summed E-state index contributed by atoms with van der Waals surface area (Å²) in [6, 6.07) is 12.4. The van der Waals surface area contributed by atoms with Crippen LogP contribution in [0.2, 0.25) is 0 Å². The van der Waals surface area contributed by atoms with E-state index in [4.69, 9.17) is 10.5 Å². The van der Waals surface area contributed by atoms with Gasteiger partial charge in [0.25, 0.3) is 5.91 Å². The smallest absolute Gasteiger partial charge is 0.262 e. The van der Waals surface area contributed by atoms with Crippen molar-refractivity contribution in [1.29, 1.82) is 0 Å². The van der Waals surface area contributed by atoms with Crippen LogP contribution in [0.3, 0.4) is 0 Å². The molecule has 0 saturated carbocycles. The Bertz CT molecular complexity index is 709. The second kappa shape index (κ2) is 7.45. The van der Waals surface area contributed by atoms with E-state index in [1.165, 1.54) is 12.5 Å². The van der Waals surface area contributed by atoms with Gasteiger partial charge in [0.05, 0.1) is 5.69 Å². The predicted molar refractivity (Wildman–Crippen MR) is 90.8 cm³/mol. The molecule has 0 fully saturated rings. The van der Waals surface area contributed by atoms with E-state index in [-0.39, 0.29) is 18.3 Å². The van der Waals surface area contributed by atoms with Gasteiger partial charge in [-0.1, -0.05) is 19.1 Å². The fraction of sp³-hybridized carbons (Fsp3) is 0.222. The Kier molecular flexibility index (Phi) is 5.36. The lowest BCUT2D eigenvalue weighted by Crippen LogP contribution is -2.20. The first-order valence-corrected chi connectivity index (χ1v) is 7.41. The molecule has 5 heteroatoms. The molecule has 0 aliphatic heterocycles. The molecule has 0 aromatic heterocycles. The molecule has 0 radical (unpaired) electrons. The third kappa shape index (κ3) is 4.57. The lowest BCUT2D eigenvalue weighted by atomic mass is 10.1. The number of benzene rings is 2. The van der Waals surface area contributed by atoms with Crippen molar-refractivity contribution in [3.8, 4) is 5.75 Å². The molecular weight excluding hydrogens is 292 g/mol. The van der Waals surface area contributed by atoms with Gasteiger partial charge in [-0.25, -0.2) is 0 Å². The van der Waals surface area contributed by atoms with E-state index in [0.29, 0.717) is 17.0 Å². The molecule has 2 aromatic carbocycles. The monoisotopic (exact) mass is 312 g/mol. The Morgan fingerprint density at radius 2 is 1.83 bits per heavy atom. The summed E-state index contributed by atoms with van der Waals surface area (Å²) >= 11 is 0. The highest BCUT2D eigenvalue weighted by molar-refractivity contribution is 5.95. The van der Waals surface area contributed by atoms with Gasteiger partial charge in [-0.05, 0) is 49.2 Å². The molecular formula is C18H20N2O3. The SMILES string of the molecule is CCc1ccc(NC(=O)COc2ccc(C(C)=O)cc2N)cc1. The van der Waals surface area contributed by atoms with Crippen LogP contribution in [0.4, 0.5) is 11.4 Å². The number of carbonyl (C=O) groups excluding carboxylic acids is 2. The van der Waals surface area contributed by atoms with E-state index in [0.717, 1.165) is 12.1 Å². The minimum atomic E-state index is -0.274. The summed E-state index contributed by atoms with van der Waals surface area (Å²) in [5.41, 5.74) is 8.59. The number of rotatable bonds is 6. The standard InChI is InChI=1S/C18H20N2O3/c1-3-13-4-7-15(8-5-13)20-18(22)11-23-17-9-6-14(12(2)21)10-16(17)19/h4-10H,3,11,19H2,1-2H3,(H,20,22). The molecule has 1 amide bonds. The third-order valence-electron chi connectivity index (χ3n) is 3.42. The van der Waals surface area contributed by atoms with E-state index >= 15 is 0 Å². The Morgan fingerprint density at radius 3 is 2.39 bits per heavy atom. The fourth-order valence-corrected chi connectivity index (χ4v) is 2.06. The van der Waals surface area contributed by atoms with E-state index in [2.05, 4.69) is 12.2 Å². The lowest BCUT2D eigenvalue weighted by Gasteiger charge is -2.10. The van der Waals surface area contributed by atoms with Gasteiger partial charge >= 0.3 is 0 Å². The van der Waals surface area contributed by atoms with Crippen LogP contribution in [0.5, 0.6) is 5.75 Å². The topological polar surface area (TPSA) is 81.4 Å². The van der Waals surface area contributed by atoms with Crippen molar-refractivity contribution < 1.29 is 14.3 Å². The lowest BCUT2D eigenvalue weighted by molar-refractivity contribution is -0.118. The molecule has 5 nitrogen and oxygen atoms in total. The van der Waals surface area contributed by atoms with Gasteiger partial charge in [0, 0.05) is 11.3 Å². The van der Waals surface area contributed by atoms with Gasteiger partial charge in [-0.15, -0.1) is 0 Å². The Balaban J connectivity index is 1.92. The van der Waals surface area contributed by atoms with Crippen LogP contribution in [0, 0.1) is 0 Å². The summed E-state index contributed by atoms with van der Waals surface area (Å²) in [7, 11) is 0. The molecule has 0 unspecified atom stereocenters. The predicted octanol–water partition coefficient (Wildman–Crippen LogP) is 3.05. The molecule has 2 rings (SSSR count). The molecule has 3 N–H and O–H groups in total. The summed E-state index contributed by atoms with van der Waals surface area (Å²) in [5.74, 6) is 0.0345. The number of hydrogen-bond donors (Lipinski definition) is 2. The largest absolute Gasteiger partial charge is 0.482 e. The molecule has 0 bridgehead atoms. The maximum Gasteiger partial charge on any atom is 0.262 e. The third-order valence-corrected chi connectivity index (χ3v) is 3.42. The van der Waals surface area contributed by atoms with Crippen LogP contribution in [-0.2, 0) is 11.2 Å². The van der Waals surface area contributed by atoms with E-state index < -0.39 is 0 Å². The number of ketones is 1. The zero-order chi connectivity index (χ0) is 16.8. The molecule has 0 heterocycles. The summed E-state index contributed by atoms with van der Waals surface area (Å²) in [5, 5.41) is 2.75. The van der Waals surface area contributed by atoms with Gasteiger partial charge in [0.2, 0.25) is 0 Å². The van der Waals surface area contributed by atoms with Crippen LogP contribution in [0.25, 0.3) is 0 Å². The summed E-state index contributed by atoms with van der Waals surface area (Å²) in [4.78, 5) is 23.2. The summed E-state index contributed by atoms with van der Waals surface area (Å²) in [6.07, 6.45) is 0.951. The number of nitrogen functional groups attached to an aromatic ring is 1. The first kappa shape index (κ1) is 16.5. The highest BCUT2D eigenvalue weighted by Gasteiger charge is 2.08. The zero-order valence-corrected chi connectivity index (χ0v) is 13.3. The molecule has 0 saturated heterocycles. The van der Waals surface area contributed by atoms with Crippen molar-refractivity contribution in [3.05, 3.63) is 53.6 Å². The second-order valence-electron chi connectivity index (χ2n) is 5.20. The van der Waals surface area contributed by atoms with Gasteiger partial charge in [0.1, 0.15) is 5.75 Å². The Hall–Kier alpha value is -2.82. The van der Waals surface area contributed by atoms with Crippen LogP contribution in [-0.4, -0.2) is 18.3 Å². The van der Waals surface area contributed by atoms with Crippen LogP contribution in [0.15, 0.2) is 42.5 Å². The number of amides is 1. The van der Waals surface area contributed by atoms with Gasteiger partial charge in [-0.3, -0.25) is 9.59 Å². The van der Waals surface area contributed by atoms with E-state index in [1.54, 1.807) is 18.2 Å². The molecule has 0 atom stereocenters. The molecule has 23 heavy (non-hydrogen) atoms. The highest BCUT2D eigenvalue weighted by Crippen LogP contribution is 2.22. The van der Waals surface area contributed by atoms with Gasteiger partial charge < -0.3 is 15.8 Å². The summed E-state index contributed by atoms with van der Waals surface area (Å²) in [6.45, 7) is 3.38. The number of hydrogen-bond acceptors (Lipinski definition) is 4. The number of nitrogens with one attached hydrogen (secondary N) is 1. The van der Waals surface area contributed by atoms with Crippen LogP contribution in [0.1, 0.15) is 29.8 Å². The average Bonchev–Trinajstić information content (AvgIpc) is 2.54. The minimum absolute atomic E-state index is 0.0727. The molecule has 120 valence electrons. The van der Waals surface area contributed by atoms with Gasteiger partial charge in [-0.2, -0.15) is 0 Å². The minimum Gasteiger partial charge on any atom is -0.482 e. The number of ether oxygens (including phenoxy) is 1. The van der Waals surface area contributed by atoms with Crippen molar-refractivity contribution in [2.24, 2.45) is 0 Å². The number of aryl methyl sites for hydroxylation is 1. The molecule has 0 aliphatic rings. The number of anilines is 2. The maximum atomic E-state index is 11.9. The molecule has 2 aromatic rings. The van der Waals surface area contributed by atoms with Crippen molar-refractivity contribution in [2.75, 3.05) is 17.7 Å². The number of nitrogens with two attached hydrogens (primary N) is 1. The first-order chi connectivity index (χ1) is 11.0. The first-order valence-electron chi connectivity index (χ1n) is 7.41. The number of Topliss-reactive ketones (excluding diaryl/α,β-unsaturated/α-hetero) is 1. The summed E-state index contributed by atoms with van der Waals surface area (Å²) < 4.78 is 5.40. The van der Waals surface area contributed by atoms with Crippen LogP contribution >= 0.6 is 0 Å². The molecule has 0 spiro atoms.